The first-order valence-electron chi connectivity index (χ1n) is 5.87. The van der Waals surface area contributed by atoms with Crippen molar-refractivity contribution in [1.29, 1.82) is 0 Å². The SMILES string of the molecule is C=C(Cl)CNC(=O)C1CCCc2ccccc21. The molecule has 0 saturated heterocycles. The number of fused-ring (bicyclic) bond motifs is 1. The second kappa shape index (κ2) is 5.37. The average Bonchev–Trinajstić information content (AvgIpc) is 2.35. The van der Waals surface area contributed by atoms with Crippen LogP contribution in [0.25, 0.3) is 0 Å². The van der Waals surface area contributed by atoms with Crippen LogP contribution in [0.15, 0.2) is 35.9 Å². The maximum absolute atomic E-state index is 12.1. The first-order valence-corrected chi connectivity index (χ1v) is 6.25. The van der Waals surface area contributed by atoms with Gasteiger partial charge >= 0.3 is 0 Å². The van der Waals surface area contributed by atoms with Crippen LogP contribution in [0.5, 0.6) is 0 Å². The van der Waals surface area contributed by atoms with Gasteiger partial charge in [-0.2, -0.15) is 0 Å². The van der Waals surface area contributed by atoms with Gasteiger partial charge < -0.3 is 5.32 Å². The second-order valence-corrected chi connectivity index (χ2v) is 4.91. The summed E-state index contributed by atoms with van der Waals surface area (Å²) in [7, 11) is 0. The van der Waals surface area contributed by atoms with E-state index in [0.29, 0.717) is 11.6 Å². The van der Waals surface area contributed by atoms with Gasteiger partial charge in [0.2, 0.25) is 5.91 Å². The molecule has 90 valence electrons. The van der Waals surface area contributed by atoms with E-state index in [9.17, 15) is 4.79 Å². The van der Waals surface area contributed by atoms with Gasteiger partial charge in [-0.25, -0.2) is 0 Å². The Kier molecular flexibility index (Phi) is 3.85. The number of aryl methyl sites for hydroxylation is 1. The fourth-order valence-electron chi connectivity index (χ4n) is 2.33. The molecule has 0 aromatic heterocycles. The Balaban J connectivity index is 2.12. The van der Waals surface area contributed by atoms with Gasteiger partial charge in [0.25, 0.3) is 0 Å². The lowest BCUT2D eigenvalue weighted by Crippen LogP contribution is -2.32. The molecule has 1 atom stereocenters. The van der Waals surface area contributed by atoms with Crippen LogP contribution in [0, 0.1) is 0 Å². The molecule has 17 heavy (non-hydrogen) atoms. The molecule has 2 nitrogen and oxygen atoms in total. The maximum atomic E-state index is 12.1. The van der Waals surface area contributed by atoms with Crippen LogP contribution in [0.1, 0.15) is 29.9 Å². The first kappa shape index (κ1) is 12.2. The predicted molar refractivity (Wildman–Crippen MR) is 70.1 cm³/mol. The van der Waals surface area contributed by atoms with Gasteiger partial charge in [-0.05, 0) is 30.4 Å². The molecule has 0 saturated carbocycles. The Labute approximate surface area is 107 Å². The van der Waals surface area contributed by atoms with Gasteiger partial charge in [0.15, 0.2) is 0 Å². The predicted octanol–water partition coefficient (Wildman–Crippen LogP) is 2.98. The maximum Gasteiger partial charge on any atom is 0.227 e. The molecule has 2 rings (SSSR count). The van der Waals surface area contributed by atoms with Crippen LogP contribution in [0.4, 0.5) is 0 Å². The van der Waals surface area contributed by atoms with Gasteiger partial charge in [0, 0.05) is 5.03 Å². The van der Waals surface area contributed by atoms with Crippen molar-refractivity contribution in [3.05, 3.63) is 47.0 Å². The fourth-order valence-corrected chi connectivity index (χ4v) is 2.40. The average molecular weight is 250 g/mol. The number of halogens is 1. The van der Waals surface area contributed by atoms with Crippen molar-refractivity contribution in [2.75, 3.05) is 6.54 Å². The summed E-state index contributed by atoms with van der Waals surface area (Å²) in [5.41, 5.74) is 2.46. The van der Waals surface area contributed by atoms with Crippen LogP contribution in [0.2, 0.25) is 0 Å². The zero-order valence-corrected chi connectivity index (χ0v) is 10.5. The molecule has 1 aromatic carbocycles. The third-order valence-electron chi connectivity index (χ3n) is 3.14. The monoisotopic (exact) mass is 249 g/mol. The number of carbonyl (C=O) groups excluding carboxylic acids is 1. The highest BCUT2D eigenvalue weighted by atomic mass is 35.5. The van der Waals surface area contributed by atoms with Crippen molar-refractivity contribution in [3.8, 4) is 0 Å². The third kappa shape index (κ3) is 2.89. The third-order valence-corrected chi connectivity index (χ3v) is 3.27. The number of benzene rings is 1. The summed E-state index contributed by atoms with van der Waals surface area (Å²) in [6, 6.07) is 8.17. The lowest BCUT2D eigenvalue weighted by Gasteiger charge is -2.24. The van der Waals surface area contributed by atoms with Gasteiger partial charge in [-0.1, -0.05) is 42.4 Å². The number of hydrogen-bond acceptors (Lipinski definition) is 1. The van der Waals surface area contributed by atoms with Gasteiger partial charge in [0.05, 0.1) is 12.5 Å². The molecule has 3 heteroatoms. The van der Waals surface area contributed by atoms with Gasteiger partial charge in [0.1, 0.15) is 0 Å². The molecule has 1 N–H and O–H groups in total. The number of hydrogen-bond donors (Lipinski definition) is 1. The Hall–Kier alpha value is -1.28. The van der Waals surface area contributed by atoms with E-state index in [0.717, 1.165) is 24.8 Å². The highest BCUT2D eigenvalue weighted by Gasteiger charge is 2.25. The van der Waals surface area contributed by atoms with Crippen molar-refractivity contribution in [2.45, 2.75) is 25.2 Å². The van der Waals surface area contributed by atoms with Crippen molar-refractivity contribution in [3.63, 3.8) is 0 Å². The van der Waals surface area contributed by atoms with E-state index >= 15 is 0 Å². The molecule has 1 aromatic rings. The summed E-state index contributed by atoms with van der Waals surface area (Å²) in [5.74, 6) is 0.0231. The zero-order valence-electron chi connectivity index (χ0n) is 9.71. The topological polar surface area (TPSA) is 29.1 Å². The Morgan fingerprint density at radius 3 is 3.00 bits per heavy atom. The summed E-state index contributed by atoms with van der Waals surface area (Å²) in [6.45, 7) is 3.91. The summed E-state index contributed by atoms with van der Waals surface area (Å²) >= 11 is 5.65. The van der Waals surface area contributed by atoms with Crippen molar-refractivity contribution in [1.82, 2.24) is 5.32 Å². The molecule has 0 aliphatic heterocycles. The Morgan fingerprint density at radius 2 is 2.24 bits per heavy atom. The van der Waals surface area contributed by atoms with E-state index in [2.05, 4.69) is 18.0 Å². The minimum atomic E-state index is -0.0315. The van der Waals surface area contributed by atoms with Crippen molar-refractivity contribution in [2.24, 2.45) is 0 Å². The minimum absolute atomic E-state index is 0.0315. The molecular weight excluding hydrogens is 234 g/mol. The van der Waals surface area contributed by atoms with E-state index in [-0.39, 0.29) is 11.8 Å². The first-order chi connectivity index (χ1) is 8.18. The lowest BCUT2D eigenvalue weighted by molar-refractivity contribution is -0.122. The molecule has 0 heterocycles. The number of rotatable bonds is 3. The Morgan fingerprint density at radius 1 is 1.47 bits per heavy atom. The fraction of sp³-hybridized carbons (Fsp3) is 0.357. The molecule has 0 fully saturated rings. The highest BCUT2D eigenvalue weighted by Crippen LogP contribution is 2.31. The molecule has 1 aliphatic rings. The molecule has 0 bridgehead atoms. The second-order valence-electron chi connectivity index (χ2n) is 4.38. The number of amides is 1. The summed E-state index contributed by atoms with van der Waals surface area (Å²) in [6.07, 6.45) is 3.05. The Bertz CT molecular complexity index is 442. The zero-order chi connectivity index (χ0) is 12.3. The van der Waals surface area contributed by atoms with E-state index in [1.54, 1.807) is 0 Å². The van der Waals surface area contributed by atoms with E-state index < -0.39 is 0 Å². The summed E-state index contributed by atoms with van der Waals surface area (Å²) in [5, 5.41) is 3.28. The normalized spacial score (nSPS) is 18.3. The van der Waals surface area contributed by atoms with Crippen molar-refractivity contribution >= 4 is 17.5 Å². The molecule has 1 aliphatic carbocycles. The lowest BCUT2D eigenvalue weighted by atomic mass is 9.82. The van der Waals surface area contributed by atoms with Crippen LogP contribution >= 0.6 is 11.6 Å². The smallest absolute Gasteiger partial charge is 0.227 e. The number of nitrogens with one attached hydrogen (secondary N) is 1. The minimum Gasteiger partial charge on any atom is -0.351 e. The molecule has 0 spiro atoms. The van der Waals surface area contributed by atoms with E-state index in [1.165, 1.54) is 5.56 Å². The summed E-state index contributed by atoms with van der Waals surface area (Å²) in [4.78, 5) is 12.1. The van der Waals surface area contributed by atoms with Crippen LogP contribution in [0.3, 0.4) is 0 Å². The standard InChI is InChI=1S/C14H16ClNO/c1-10(15)9-16-14(17)13-8-4-6-11-5-2-3-7-12(11)13/h2-3,5,7,13H,1,4,6,8-9H2,(H,16,17). The van der Waals surface area contributed by atoms with Crippen LogP contribution in [-0.4, -0.2) is 12.5 Å². The van der Waals surface area contributed by atoms with Crippen LogP contribution < -0.4 is 5.32 Å². The highest BCUT2D eigenvalue weighted by molar-refractivity contribution is 6.29. The van der Waals surface area contributed by atoms with E-state index in [1.807, 2.05) is 18.2 Å². The number of carbonyl (C=O) groups is 1. The quantitative estimate of drug-likeness (QED) is 0.877. The summed E-state index contributed by atoms with van der Waals surface area (Å²) < 4.78 is 0. The molecule has 1 amide bonds. The molecule has 0 radical (unpaired) electrons. The largest absolute Gasteiger partial charge is 0.351 e. The van der Waals surface area contributed by atoms with E-state index in [4.69, 9.17) is 11.6 Å². The molecule has 1 unspecified atom stereocenters. The van der Waals surface area contributed by atoms with Crippen LogP contribution in [-0.2, 0) is 11.2 Å². The van der Waals surface area contributed by atoms with Gasteiger partial charge in [-0.3, -0.25) is 4.79 Å². The molecular formula is C14H16ClNO. The van der Waals surface area contributed by atoms with Gasteiger partial charge in [-0.15, -0.1) is 0 Å². The van der Waals surface area contributed by atoms with Crippen molar-refractivity contribution < 1.29 is 4.79 Å².